The summed E-state index contributed by atoms with van der Waals surface area (Å²) in [6.07, 6.45) is 6.04. The number of aldehydes is 1. The van der Waals surface area contributed by atoms with Crippen molar-refractivity contribution in [3.05, 3.63) is 82.5 Å². The maximum atomic E-state index is 13.9. The predicted octanol–water partition coefficient (Wildman–Crippen LogP) is 5.40. The van der Waals surface area contributed by atoms with E-state index in [1.165, 1.54) is 0 Å². The Bertz CT molecular complexity index is 2770. The Labute approximate surface area is 376 Å². The molecule has 0 spiro atoms. The molecule has 2 atom stereocenters. The van der Waals surface area contributed by atoms with Crippen molar-refractivity contribution in [3.63, 3.8) is 0 Å². The Kier molecular flexibility index (Phi) is 13.4. The fourth-order valence-corrected chi connectivity index (χ4v) is 8.57. The van der Waals surface area contributed by atoms with E-state index in [0.717, 1.165) is 32.3 Å². The number of hydrogen-bond acceptors (Lipinski definition) is 12. The highest BCUT2D eigenvalue weighted by Gasteiger charge is 2.25. The summed E-state index contributed by atoms with van der Waals surface area (Å²) in [6.45, 7) is 16.5. The zero-order valence-electron chi connectivity index (χ0n) is 37.7. The zero-order chi connectivity index (χ0) is 45.8. The number of ether oxygens (including phenoxy) is 3. The van der Waals surface area contributed by atoms with Crippen molar-refractivity contribution in [1.82, 2.24) is 48.9 Å². The quantitative estimate of drug-likeness (QED) is 0.0803. The molecule has 8 rings (SSSR count). The molecule has 3 amide bonds. The van der Waals surface area contributed by atoms with E-state index in [1.807, 2.05) is 49.0 Å². The van der Waals surface area contributed by atoms with Crippen molar-refractivity contribution in [2.45, 2.75) is 92.8 Å². The van der Waals surface area contributed by atoms with Gasteiger partial charge in [0.25, 0.3) is 17.7 Å². The molecule has 0 saturated carbocycles. The smallest absolute Gasteiger partial charge is 0.276 e. The summed E-state index contributed by atoms with van der Waals surface area (Å²) in [4.78, 5) is 65.5. The molecule has 19 heteroatoms. The third-order valence-corrected chi connectivity index (χ3v) is 11.3. The molecule has 1 fully saturated rings. The second-order valence-electron chi connectivity index (χ2n) is 16.5. The van der Waals surface area contributed by atoms with Gasteiger partial charge in [0.1, 0.15) is 40.2 Å². The zero-order valence-corrected chi connectivity index (χ0v) is 37.7. The number of aromatic nitrogens is 8. The molecule has 4 aromatic heterocycles. The number of nitrogens with one attached hydrogen (secondary N) is 3. The van der Waals surface area contributed by atoms with Crippen molar-refractivity contribution >= 4 is 58.0 Å². The first kappa shape index (κ1) is 44.7. The number of imidazole rings is 2. The van der Waals surface area contributed by atoms with E-state index in [4.69, 9.17) is 24.2 Å². The van der Waals surface area contributed by atoms with Gasteiger partial charge in [0.2, 0.25) is 11.9 Å². The first-order chi connectivity index (χ1) is 31.4. The van der Waals surface area contributed by atoms with E-state index in [2.05, 4.69) is 44.9 Å². The largest absolute Gasteiger partial charge is 0.491 e. The highest BCUT2D eigenvalue weighted by molar-refractivity contribution is 6.05. The lowest BCUT2D eigenvalue weighted by molar-refractivity contribution is -0.0680. The molecule has 65 heavy (non-hydrogen) atoms. The van der Waals surface area contributed by atoms with Gasteiger partial charge in [-0.1, -0.05) is 12.2 Å². The number of rotatable bonds is 12. The number of carbonyl (C=O) groups is 4. The van der Waals surface area contributed by atoms with Crippen LogP contribution in [0.4, 0.5) is 11.9 Å². The molecule has 1 saturated heterocycles. The summed E-state index contributed by atoms with van der Waals surface area (Å²) in [5, 5.41) is 17.9. The first-order valence-corrected chi connectivity index (χ1v) is 22.2. The van der Waals surface area contributed by atoms with Crippen LogP contribution in [-0.2, 0) is 30.9 Å². The normalized spacial score (nSPS) is 17.4. The molecule has 0 bridgehead atoms. The van der Waals surface area contributed by atoms with Gasteiger partial charge in [-0.15, -0.1) is 0 Å². The second-order valence-corrected chi connectivity index (χ2v) is 16.5. The molecule has 0 aliphatic carbocycles. The van der Waals surface area contributed by atoms with Crippen LogP contribution < -0.4 is 25.4 Å². The number of hydrogen-bond donors (Lipinski definition) is 3. The fourth-order valence-electron chi connectivity index (χ4n) is 8.57. The van der Waals surface area contributed by atoms with Gasteiger partial charge in [-0.3, -0.25) is 44.1 Å². The number of anilines is 2. The highest BCUT2D eigenvalue weighted by Crippen LogP contribution is 2.34. The van der Waals surface area contributed by atoms with Crippen LogP contribution in [0.25, 0.3) is 22.1 Å². The summed E-state index contributed by atoms with van der Waals surface area (Å²) in [5.41, 5.74) is 4.96. The monoisotopic (exact) mass is 888 g/mol. The number of allylic oxidation sites excluding steroid dienone is 2. The van der Waals surface area contributed by atoms with Crippen LogP contribution in [0.1, 0.15) is 93.6 Å². The van der Waals surface area contributed by atoms with E-state index in [-0.39, 0.29) is 56.3 Å². The van der Waals surface area contributed by atoms with Crippen molar-refractivity contribution in [3.8, 4) is 11.5 Å². The minimum Gasteiger partial charge on any atom is -0.491 e. The number of nitrogens with zero attached hydrogens (tertiary/aromatic N) is 9. The predicted molar refractivity (Wildman–Crippen MR) is 244 cm³/mol. The number of aryl methyl sites for hydroxylation is 4. The Morgan fingerprint density at radius 2 is 1.28 bits per heavy atom. The maximum absolute atomic E-state index is 13.9. The second kappa shape index (κ2) is 19.5. The molecule has 2 aliphatic heterocycles. The van der Waals surface area contributed by atoms with Crippen molar-refractivity contribution in [1.29, 1.82) is 0 Å². The molecule has 6 heterocycles. The van der Waals surface area contributed by atoms with Crippen LogP contribution in [0.2, 0.25) is 0 Å². The van der Waals surface area contributed by atoms with Crippen molar-refractivity contribution in [2.24, 2.45) is 0 Å². The van der Waals surface area contributed by atoms with E-state index in [0.29, 0.717) is 93.5 Å². The summed E-state index contributed by atoms with van der Waals surface area (Å²) in [5.74, 6) is 0.248. The van der Waals surface area contributed by atoms with E-state index in [9.17, 15) is 19.2 Å². The first-order valence-electron chi connectivity index (χ1n) is 22.2. The van der Waals surface area contributed by atoms with Gasteiger partial charge >= 0.3 is 0 Å². The Morgan fingerprint density at radius 3 is 1.82 bits per heavy atom. The molecule has 0 radical (unpaired) electrons. The van der Waals surface area contributed by atoms with Gasteiger partial charge < -0.3 is 28.7 Å². The summed E-state index contributed by atoms with van der Waals surface area (Å²) in [6, 6.07) is 10.2. The number of carbonyl (C=O) groups excluding carboxylic acids is 4. The Morgan fingerprint density at radius 1 is 0.738 bits per heavy atom. The number of morpholine rings is 1. The molecular formula is C46H56N12O7. The molecule has 2 aromatic carbocycles. The van der Waals surface area contributed by atoms with Crippen molar-refractivity contribution < 1.29 is 33.4 Å². The van der Waals surface area contributed by atoms with Gasteiger partial charge in [0, 0.05) is 69.9 Å². The van der Waals surface area contributed by atoms with E-state index in [1.54, 1.807) is 45.8 Å². The lowest BCUT2D eigenvalue weighted by Crippen LogP contribution is -2.46. The molecule has 3 N–H and O–H groups in total. The lowest BCUT2D eigenvalue weighted by Gasteiger charge is -2.35. The molecule has 6 aromatic rings. The summed E-state index contributed by atoms with van der Waals surface area (Å²) in [7, 11) is 0. The van der Waals surface area contributed by atoms with Crippen LogP contribution in [0, 0.1) is 13.8 Å². The molecule has 342 valence electrons. The summed E-state index contributed by atoms with van der Waals surface area (Å²) < 4.78 is 25.6. The average molecular weight is 889 g/mol. The number of benzene rings is 2. The third-order valence-electron chi connectivity index (χ3n) is 11.3. The van der Waals surface area contributed by atoms with Gasteiger partial charge in [0.15, 0.2) is 0 Å². The average Bonchev–Trinajstić information content (AvgIpc) is 4.04. The third kappa shape index (κ3) is 9.80. The van der Waals surface area contributed by atoms with E-state index < -0.39 is 11.8 Å². The van der Waals surface area contributed by atoms with Gasteiger partial charge in [-0.05, 0) is 84.4 Å². The van der Waals surface area contributed by atoms with Gasteiger partial charge in [0.05, 0.1) is 47.8 Å². The lowest BCUT2D eigenvalue weighted by atomic mass is 10.1. The van der Waals surface area contributed by atoms with Crippen molar-refractivity contribution in [2.75, 3.05) is 50.0 Å². The van der Waals surface area contributed by atoms with Crippen LogP contribution >= 0.6 is 0 Å². The van der Waals surface area contributed by atoms with Crippen LogP contribution in [0.15, 0.2) is 48.6 Å². The minimum absolute atomic E-state index is 0.161. The van der Waals surface area contributed by atoms with Crippen LogP contribution in [0.5, 0.6) is 11.5 Å². The minimum atomic E-state index is -0.396. The van der Waals surface area contributed by atoms with Crippen LogP contribution in [-0.4, -0.2) is 119 Å². The number of amides is 3. The topological polar surface area (TPSA) is 207 Å². The Balaban J connectivity index is 1.13. The van der Waals surface area contributed by atoms with Gasteiger partial charge in [-0.2, -0.15) is 10.2 Å². The fraction of sp³-hybridized carbons (Fsp3) is 0.435. The standard InChI is InChI=1S/C46H56N12O7/c1-7-57-36(19-28(3)52-57)43(61)50-45-48-34-21-32(27-59)22-38-40(34)55(45)15-9-10-16-56-41-35(49-46(56)51-44(62)37-20-29(4)53-58(37)8-2)23-33(24-39(41)64-18-12-17-63-38)42(60)47-13-11-14-54-25-30(5)65-31(6)26-54/h9-10,19-24,27,30-31H,7-8,11-18,25-26H2,1-6H3,(H,47,60)(H,48,50,61)(H,49,51,62)/b10-9+. The van der Waals surface area contributed by atoms with Gasteiger partial charge in [-0.25, -0.2) is 9.97 Å². The highest BCUT2D eigenvalue weighted by atomic mass is 16.5. The molecule has 2 aliphatic rings. The molecular weight excluding hydrogens is 833 g/mol. The van der Waals surface area contributed by atoms with Crippen LogP contribution in [0.3, 0.4) is 0 Å². The molecule has 2 unspecified atom stereocenters. The summed E-state index contributed by atoms with van der Waals surface area (Å²) >= 11 is 0. The SMILES string of the molecule is CCn1nc(C)cc1C(=O)Nc1nc2cc(C=O)cc3c2n1C/C=C/Cn1c(NC(=O)c2cc(C)nn2CC)nc2cc(C(=O)NCCCN4CC(C)OC(C)C4)cc(c21)OCCCO3. The Hall–Kier alpha value is -6.86. The maximum Gasteiger partial charge on any atom is 0.276 e. The van der Waals surface area contributed by atoms with E-state index >= 15 is 0 Å². The molecule has 19 nitrogen and oxygen atoms in total.